The number of carbonyl (C=O) groups excluding carboxylic acids is 1. The summed E-state index contributed by atoms with van der Waals surface area (Å²) in [5.74, 6) is 0.682. The molecular formula is C16H19N3O. The van der Waals surface area contributed by atoms with E-state index in [2.05, 4.69) is 15.3 Å². The predicted molar refractivity (Wildman–Crippen MR) is 80.0 cm³/mol. The molecule has 2 N–H and O–H groups in total. The van der Waals surface area contributed by atoms with Gasteiger partial charge in [0, 0.05) is 18.0 Å². The summed E-state index contributed by atoms with van der Waals surface area (Å²) < 4.78 is 0. The fraction of sp³-hybridized carbons (Fsp3) is 0.250. The average molecular weight is 269 g/mol. The molecule has 2 rings (SSSR count). The van der Waals surface area contributed by atoms with E-state index in [1.807, 2.05) is 44.2 Å². The van der Waals surface area contributed by atoms with Gasteiger partial charge in [-0.2, -0.15) is 0 Å². The van der Waals surface area contributed by atoms with Crippen LogP contribution in [0.1, 0.15) is 36.5 Å². The average Bonchev–Trinajstić information content (AvgIpc) is 2.90. The van der Waals surface area contributed by atoms with Gasteiger partial charge in [-0.25, -0.2) is 4.98 Å². The topological polar surface area (TPSA) is 57.8 Å². The van der Waals surface area contributed by atoms with Gasteiger partial charge in [0.2, 0.25) is 5.91 Å². The molecule has 4 nitrogen and oxygen atoms in total. The fourth-order valence-corrected chi connectivity index (χ4v) is 1.93. The molecule has 4 heteroatoms. The normalized spacial score (nSPS) is 12.5. The summed E-state index contributed by atoms with van der Waals surface area (Å²) in [5, 5.41) is 2.95. The Morgan fingerprint density at radius 3 is 2.75 bits per heavy atom. The summed E-state index contributed by atoms with van der Waals surface area (Å²) in [5.41, 5.74) is 2.00. The molecule has 0 saturated heterocycles. The summed E-state index contributed by atoms with van der Waals surface area (Å²) in [7, 11) is 0. The molecule has 0 fully saturated rings. The van der Waals surface area contributed by atoms with Gasteiger partial charge < -0.3 is 10.3 Å². The van der Waals surface area contributed by atoms with E-state index in [1.54, 1.807) is 18.3 Å². The molecule has 0 radical (unpaired) electrons. The number of aromatic amines is 1. The van der Waals surface area contributed by atoms with Crippen LogP contribution in [0, 0.1) is 6.92 Å². The highest BCUT2D eigenvalue weighted by Gasteiger charge is 2.13. The first-order chi connectivity index (χ1) is 9.69. The second-order valence-electron chi connectivity index (χ2n) is 4.66. The van der Waals surface area contributed by atoms with E-state index in [-0.39, 0.29) is 11.9 Å². The van der Waals surface area contributed by atoms with Crippen LogP contribution in [-0.2, 0) is 4.79 Å². The monoisotopic (exact) mass is 269 g/mol. The smallest absolute Gasteiger partial charge is 0.244 e. The molecule has 0 aliphatic heterocycles. The molecule has 104 valence electrons. The molecule has 20 heavy (non-hydrogen) atoms. The third-order valence-electron chi connectivity index (χ3n) is 3.00. The molecule has 1 aromatic heterocycles. The standard InChI is InChI=1S/C16H19N3O/c1-3-14(16-17-11-12(2)18-16)19-15(20)10-9-13-7-5-4-6-8-13/h4-11,14H,3H2,1-2H3,(H,17,18)(H,19,20)/b10-9+. The van der Waals surface area contributed by atoms with Crippen LogP contribution in [0.25, 0.3) is 6.08 Å². The van der Waals surface area contributed by atoms with Gasteiger partial charge in [-0.3, -0.25) is 4.79 Å². The third-order valence-corrected chi connectivity index (χ3v) is 3.00. The van der Waals surface area contributed by atoms with Crippen molar-refractivity contribution in [1.29, 1.82) is 0 Å². The molecule has 1 unspecified atom stereocenters. The molecular weight excluding hydrogens is 250 g/mol. The van der Waals surface area contributed by atoms with Gasteiger partial charge in [0.15, 0.2) is 0 Å². The minimum absolute atomic E-state index is 0.0865. The van der Waals surface area contributed by atoms with Crippen molar-refractivity contribution in [2.24, 2.45) is 0 Å². The number of amides is 1. The lowest BCUT2D eigenvalue weighted by molar-refractivity contribution is -0.117. The number of aromatic nitrogens is 2. The molecule has 0 bridgehead atoms. The van der Waals surface area contributed by atoms with E-state index in [9.17, 15) is 4.79 Å². The Kier molecular flexibility index (Phi) is 4.71. The van der Waals surface area contributed by atoms with E-state index in [1.165, 1.54) is 0 Å². The lowest BCUT2D eigenvalue weighted by Crippen LogP contribution is -2.27. The molecule has 0 aliphatic rings. The van der Waals surface area contributed by atoms with Gasteiger partial charge >= 0.3 is 0 Å². The van der Waals surface area contributed by atoms with Crippen molar-refractivity contribution in [3.8, 4) is 0 Å². The van der Waals surface area contributed by atoms with E-state index < -0.39 is 0 Å². The Bertz CT molecular complexity index is 587. The molecule has 0 aliphatic carbocycles. The van der Waals surface area contributed by atoms with Crippen molar-refractivity contribution in [1.82, 2.24) is 15.3 Å². The molecule has 1 aromatic carbocycles. The second kappa shape index (κ2) is 6.70. The minimum Gasteiger partial charge on any atom is -0.344 e. The lowest BCUT2D eigenvalue weighted by Gasteiger charge is -2.13. The van der Waals surface area contributed by atoms with Crippen LogP contribution < -0.4 is 5.32 Å². The number of nitrogens with one attached hydrogen (secondary N) is 2. The zero-order valence-corrected chi connectivity index (χ0v) is 11.8. The SMILES string of the molecule is CCC(NC(=O)/C=C/c1ccccc1)c1ncc(C)[nH]1. The number of carbonyl (C=O) groups is 1. The highest BCUT2D eigenvalue weighted by Crippen LogP contribution is 2.12. The van der Waals surface area contributed by atoms with Gasteiger partial charge in [0.05, 0.1) is 6.04 Å². The van der Waals surface area contributed by atoms with E-state index in [0.29, 0.717) is 0 Å². The number of hydrogen-bond donors (Lipinski definition) is 2. The van der Waals surface area contributed by atoms with E-state index in [4.69, 9.17) is 0 Å². The first-order valence-corrected chi connectivity index (χ1v) is 6.74. The van der Waals surface area contributed by atoms with Crippen LogP contribution in [0.5, 0.6) is 0 Å². The Morgan fingerprint density at radius 1 is 1.40 bits per heavy atom. The fourth-order valence-electron chi connectivity index (χ4n) is 1.93. The zero-order chi connectivity index (χ0) is 14.4. The molecule has 0 spiro atoms. The van der Waals surface area contributed by atoms with Crippen LogP contribution in [0.2, 0.25) is 0 Å². The number of aryl methyl sites for hydroxylation is 1. The van der Waals surface area contributed by atoms with E-state index >= 15 is 0 Å². The Labute approximate surface area is 118 Å². The van der Waals surface area contributed by atoms with Gasteiger partial charge in [-0.15, -0.1) is 0 Å². The number of benzene rings is 1. The first-order valence-electron chi connectivity index (χ1n) is 6.74. The predicted octanol–water partition coefficient (Wildman–Crippen LogP) is 3.00. The zero-order valence-electron chi connectivity index (χ0n) is 11.8. The maximum Gasteiger partial charge on any atom is 0.244 e. The molecule has 2 aromatic rings. The van der Waals surface area contributed by atoms with Crippen LogP contribution in [0.4, 0.5) is 0 Å². The molecule has 0 saturated carbocycles. The van der Waals surface area contributed by atoms with Gasteiger partial charge in [0.1, 0.15) is 5.82 Å². The summed E-state index contributed by atoms with van der Waals surface area (Å²) in [6.07, 6.45) is 5.91. The van der Waals surface area contributed by atoms with Crippen molar-refractivity contribution in [3.05, 3.63) is 59.7 Å². The van der Waals surface area contributed by atoms with Crippen LogP contribution in [0.3, 0.4) is 0 Å². The van der Waals surface area contributed by atoms with Gasteiger partial charge in [-0.05, 0) is 25.0 Å². The van der Waals surface area contributed by atoms with Crippen molar-refractivity contribution < 1.29 is 4.79 Å². The lowest BCUT2D eigenvalue weighted by atomic mass is 10.2. The quantitative estimate of drug-likeness (QED) is 0.820. The number of rotatable bonds is 5. The number of hydrogen-bond acceptors (Lipinski definition) is 2. The largest absolute Gasteiger partial charge is 0.344 e. The van der Waals surface area contributed by atoms with Crippen molar-refractivity contribution in [2.75, 3.05) is 0 Å². The number of imidazole rings is 1. The molecule has 1 amide bonds. The van der Waals surface area contributed by atoms with Crippen molar-refractivity contribution in [2.45, 2.75) is 26.3 Å². The van der Waals surface area contributed by atoms with Crippen LogP contribution in [-0.4, -0.2) is 15.9 Å². The summed E-state index contributed by atoms with van der Waals surface area (Å²) in [6.45, 7) is 3.96. The Morgan fingerprint density at radius 2 is 2.15 bits per heavy atom. The highest BCUT2D eigenvalue weighted by molar-refractivity contribution is 5.91. The van der Waals surface area contributed by atoms with Crippen molar-refractivity contribution in [3.63, 3.8) is 0 Å². The second-order valence-corrected chi connectivity index (χ2v) is 4.66. The number of nitrogens with zero attached hydrogens (tertiary/aromatic N) is 1. The maximum atomic E-state index is 11.9. The van der Waals surface area contributed by atoms with Gasteiger partial charge in [-0.1, -0.05) is 37.3 Å². The molecule has 1 atom stereocenters. The summed E-state index contributed by atoms with van der Waals surface area (Å²) in [4.78, 5) is 19.3. The number of H-pyrrole nitrogens is 1. The van der Waals surface area contributed by atoms with Crippen molar-refractivity contribution >= 4 is 12.0 Å². The first kappa shape index (κ1) is 14.1. The third kappa shape index (κ3) is 3.82. The van der Waals surface area contributed by atoms with E-state index in [0.717, 1.165) is 23.5 Å². The minimum atomic E-state index is -0.116. The Balaban J connectivity index is 1.98. The molecule has 1 heterocycles. The van der Waals surface area contributed by atoms with Crippen LogP contribution in [0.15, 0.2) is 42.6 Å². The van der Waals surface area contributed by atoms with Gasteiger partial charge in [0.25, 0.3) is 0 Å². The van der Waals surface area contributed by atoms with Crippen LogP contribution >= 0.6 is 0 Å². The Hall–Kier alpha value is -2.36. The summed E-state index contributed by atoms with van der Waals surface area (Å²) in [6, 6.07) is 9.66. The summed E-state index contributed by atoms with van der Waals surface area (Å²) >= 11 is 0. The highest BCUT2D eigenvalue weighted by atomic mass is 16.1. The maximum absolute atomic E-state index is 11.9.